The van der Waals surface area contributed by atoms with Crippen molar-refractivity contribution in [3.63, 3.8) is 0 Å². The Bertz CT molecular complexity index is 689. The Labute approximate surface area is 199 Å². The van der Waals surface area contributed by atoms with Crippen LogP contribution in [0.4, 0.5) is 0 Å². The van der Waals surface area contributed by atoms with Gasteiger partial charge >= 0.3 is 11.9 Å². The van der Waals surface area contributed by atoms with Gasteiger partial charge < -0.3 is 43.4 Å². The summed E-state index contributed by atoms with van der Waals surface area (Å²) in [4.78, 5) is 60.3. The minimum Gasteiger partial charge on any atom is -0.481 e. The van der Waals surface area contributed by atoms with Crippen molar-refractivity contribution >= 4 is 29.7 Å². The van der Waals surface area contributed by atoms with Gasteiger partial charge in [-0.25, -0.2) is 4.79 Å². The summed E-state index contributed by atoms with van der Waals surface area (Å²) >= 11 is 0. The molecule has 0 aromatic heterocycles. The molecule has 0 aromatic carbocycles. The van der Waals surface area contributed by atoms with Crippen LogP contribution >= 0.6 is 0 Å². The zero-order valence-electron chi connectivity index (χ0n) is 19.9. The summed E-state index contributed by atoms with van der Waals surface area (Å²) in [5, 5.41) is 25.7. The van der Waals surface area contributed by atoms with E-state index in [1.54, 1.807) is 13.8 Å². The first kappa shape index (κ1) is 31.2. The van der Waals surface area contributed by atoms with E-state index in [0.29, 0.717) is 38.8 Å². The average Bonchev–Trinajstić information content (AvgIpc) is 2.74. The fourth-order valence-electron chi connectivity index (χ4n) is 3.12. The van der Waals surface area contributed by atoms with E-state index in [2.05, 4.69) is 16.0 Å². The van der Waals surface area contributed by atoms with Crippen LogP contribution in [0, 0.1) is 5.92 Å². The monoisotopic (exact) mass is 488 g/mol. The van der Waals surface area contributed by atoms with E-state index < -0.39 is 66.2 Å². The summed E-state index contributed by atoms with van der Waals surface area (Å²) in [5.41, 5.74) is 16.5. The molecule has 3 amide bonds. The van der Waals surface area contributed by atoms with Crippen molar-refractivity contribution in [1.29, 1.82) is 0 Å². The number of hydrogen-bond acceptors (Lipinski definition) is 8. The van der Waals surface area contributed by atoms with Crippen molar-refractivity contribution in [3.8, 4) is 0 Å². The highest BCUT2D eigenvalue weighted by Gasteiger charge is 2.31. The molecule has 0 rings (SSSR count). The van der Waals surface area contributed by atoms with Gasteiger partial charge in [0.25, 0.3) is 0 Å². The van der Waals surface area contributed by atoms with E-state index in [9.17, 15) is 29.1 Å². The number of nitrogens with one attached hydrogen (secondary N) is 3. The van der Waals surface area contributed by atoms with Crippen LogP contribution in [0.1, 0.15) is 58.8 Å². The summed E-state index contributed by atoms with van der Waals surface area (Å²) in [6.45, 7) is 4.13. The SMILES string of the molecule is CC(C)C(NC(=O)C(CCCCN)NC(=O)C(N)CC(=O)O)C(=O)NC(CCCCN)C(=O)O. The van der Waals surface area contributed by atoms with E-state index in [-0.39, 0.29) is 12.8 Å². The smallest absolute Gasteiger partial charge is 0.326 e. The van der Waals surface area contributed by atoms with Crippen LogP contribution in [0.2, 0.25) is 0 Å². The summed E-state index contributed by atoms with van der Waals surface area (Å²) in [6, 6.07) is -4.62. The molecule has 0 aliphatic rings. The third-order valence-electron chi connectivity index (χ3n) is 5.12. The minimum atomic E-state index is -1.35. The van der Waals surface area contributed by atoms with Gasteiger partial charge in [0.2, 0.25) is 17.7 Å². The summed E-state index contributed by atoms with van der Waals surface area (Å²) in [7, 11) is 0. The number of carbonyl (C=O) groups excluding carboxylic acids is 3. The number of rotatable bonds is 18. The Balaban J connectivity index is 5.38. The maximum atomic E-state index is 12.9. The number of unbranched alkanes of at least 4 members (excludes halogenated alkanes) is 2. The Morgan fingerprint density at radius 1 is 0.735 bits per heavy atom. The van der Waals surface area contributed by atoms with Gasteiger partial charge in [-0.3, -0.25) is 19.2 Å². The fraction of sp³-hybridized carbons (Fsp3) is 0.762. The molecule has 0 heterocycles. The van der Waals surface area contributed by atoms with E-state index in [0.717, 1.165) is 0 Å². The lowest BCUT2D eigenvalue weighted by Crippen LogP contribution is -2.58. The predicted molar refractivity (Wildman–Crippen MR) is 124 cm³/mol. The second-order valence-corrected chi connectivity index (χ2v) is 8.46. The molecular weight excluding hydrogens is 448 g/mol. The van der Waals surface area contributed by atoms with Crippen molar-refractivity contribution in [2.75, 3.05) is 13.1 Å². The lowest BCUT2D eigenvalue weighted by molar-refractivity contribution is -0.142. The number of aliphatic carboxylic acids is 2. The van der Waals surface area contributed by atoms with Gasteiger partial charge in [0, 0.05) is 0 Å². The largest absolute Gasteiger partial charge is 0.481 e. The van der Waals surface area contributed by atoms with E-state index >= 15 is 0 Å². The number of nitrogens with two attached hydrogens (primary N) is 3. The van der Waals surface area contributed by atoms with Crippen LogP contribution < -0.4 is 33.2 Å². The number of carbonyl (C=O) groups is 5. The highest BCUT2D eigenvalue weighted by Crippen LogP contribution is 2.08. The Morgan fingerprint density at radius 3 is 1.68 bits per heavy atom. The third kappa shape index (κ3) is 12.5. The second kappa shape index (κ2) is 16.8. The van der Waals surface area contributed by atoms with Crippen LogP contribution in [0.5, 0.6) is 0 Å². The molecule has 0 fully saturated rings. The zero-order chi connectivity index (χ0) is 26.3. The first-order chi connectivity index (χ1) is 15.9. The highest BCUT2D eigenvalue weighted by atomic mass is 16.4. The zero-order valence-corrected chi connectivity index (χ0v) is 19.9. The molecule has 0 aliphatic carbocycles. The molecule has 0 saturated heterocycles. The molecule has 196 valence electrons. The summed E-state index contributed by atoms with van der Waals surface area (Å²) in [5.74, 6) is -5.00. The van der Waals surface area contributed by atoms with Crippen LogP contribution in [0.3, 0.4) is 0 Å². The van der Waals surface area contributed by atoms with Crippen molar-refractivity contribution in [1.82, 2.24) is 16.0 Å². The first-order valence-electron chi connectivity index (χ1n) is 11.5. The molecule has 0 spiro atoms. The Hall–Kier alpha value is -2.77. The molecule has 0 aromatic rings. The minimum absolute atomic E-state index is 0.191. The van der Waals surface area contributed by atoms with Crippen LogP contribution in [0.25, 0.3) is 0 Å². The standard InChI is InChI=1S/C21H40N6O7/c1-12(2)17(20(32)26-15(21(33)34)8-4-6-10-23)27-19(31)14(7-3-5-9-22)25-18(30)13(24)11-16(28)29/h12-15,17H,3-11,22-24H2,1-2H3,(H,25,30)(H,26,32)(H,27,31)(H,28,29)(H,33,34). The third-order valence-corrected chi connectivity index (χ3v) is 5.12. The number of carboxylic acid groups (broad SMARTS) is 2. The molecule has 0 bridgehead atoms. The molecule has 0 aliphatic heterocycles. The maximum absolute atomic E-state index is 12.9. The fourth-order valence-corrected chi connectivity index (χ4v) is 3.12. The molecule has 4 atom stereocenters. The second-order valence-electron chi connectivity index (χ2n) is 8.46. The number of carboxylic acids is 2. The molecule has 0 saturated carbocycles. The molecular formula is C21H40N6O7. The quantitative estimate of drug-likeness (QED) is 0.101. The van der Waals surface area contributed by atoms with Crippen molar-refractivity contribution in [2.24, 2.45) is 23.1 Å². The van der Waals surface area contributed by atoms with Gasteiger partial charge in [-0.15, -0.1) is 0 Å². The average molecular weight is 489 g/mol. The summed E-state index contributed by atoms with van der Waals surface area (Å²) in [6.07, 6.45) is 1.97. The van der Waals surface area contributed by atoms with Crippen molar-refractivity contribution < 1.29 is 34.2 Å². The van der Waals surface area contributed by atoms with Gasteiger partial charge in [-0.05, 0) is 57.5 Å². The highest BCUT2D eigenvalue weighted by molar-refractivity contribution is 5.94. The first-order valence-corrected chi connectivity index (χ1v) is 11.5. The lowest BCUT2D eigenvalue weighted by Gasteiger charge is -2.27. The van der Waals surface area contributed by atoms with Gasteiger partial charge in [0.1, 0.15) is 18.1 Å². The van der Waals surface area contributed by atoms with Gasteiger partial charge in [-0.1, -0.05) is 13.8 Å². The van der Waals surface area contributed by atoms with Crippen molar-refractivity contribution in [3.05, 3.63) is 0 Å². The van der Waals surface area contributed by atoms with E-state index in [4.69, 9.17) is 22.3 Å². The topological polar surface area (TPSA) is 240 Å². The Morgan fingerprint density at radius 2 is 1.24 bits per heavy atom. The molecule has 13 heteroatoms. The maximum Gasteiger partial charge on any atom is 0.326 e. The van der Waals surface area contributed by atoms with Crippen LogP contribution in [0.15, 0.2) is 0 Å². The molecule has 11 N–H and O–H groups in total. The predicted octanol–water partition coefficient (Wildman–Crippen LogP) is -1.76. The lowest BCUT2D eigenvalue weighted by atomic mass is 10.0. The van der Waals surface area contributed by atoms with Gasteiger partial charge in [0.15, 0.2) is 0 Å². The number of amides is 3. The van der Waals surface area contributed by atoms with E-state index in [1.807, 2.05) is 0 Å². The van der Waals surface area contributed by atoms with Crippen LogP contribution in [-0.4, -0.2) is 77.1 Å². The Kier molecular flexibility index (Phi) is 15.4. The molecule has 34 heavy (non-hydrogen) atoms. The van der Waals surface area contributed by atoms with Gasteiger partial charge in [-0.2, -0.15) is 0 Å². The molecule has 0 radical (unpaired) electrons. The van der Waals surface area contributed by atoms with Gasteiger partial charge in [0.05, 0.1) is 12.5 Å². The summed E-state index contributed by atoms with van der Waals surface area (Å²) < 4.78 is 0. The number of hydrogen-bond donors (Lipinski definition) is 8. The molecule has 13 nitrogen and oxygen atoms in total. The van der Waals surface area contributed by atoms with Crippen LogP contribution in [-0.2, 0) is 24.0 Å². The normalized spacial score (nSPS) is 14.5. The van der Waals surface area contributed by atoms with Crippen molar-refractivity contribution in [2.45, 2.75) is 83.0 Å². The van der Waals surface area contributed by atoms with E-state index in [1.165, 1.54) is 0 Å². The molecule has 4 unspecified atom stereocenters.